The van der Waals surface area contributed by atoms with Crippen LogP contribution in [0.15, 0.2) is 29.3 Å². The third-order valence-corrected chi connectivity index (χ3v) is 4.44. The highest BCUT2D eigenvalue weighted by Gasteiger charge is 2.19. The zero-order chi connectivity index (χ0) is 19.3. The first-order valence-electron chi connectivity index (χ1n) is 9.59. The number of nitrogens with one attached hydrogen (secondary N) is 2. The topological polar surface area (TPSA) is 75.2 Å². The molecule has 2 N–H and O–H groups in total. The van der Waals surface area contributed by atoms with E-state index in [0.717, 1.165) is 31.9 Å². The number of guanidine groups is 1. The van der Waals surface area contributed by atoms with E-state index in [4.69, 9.17) is 9.47 Å². The average molecular weight is 377 g/mol. The van der Waals surface area contributed by atoms with Crippen molar-refractivity contribution in [2.45, 2.75) is 32.4 Å². The number of ether oxygens (including phenoxy) is 2. The predicted octanol–water partition coefficient (Wildman–Crippen LogP) is 1.53. The Hall–Kier alpha value is -2.12. The highest BCUT2D eigenvalue weighted by atomic mass is 16.5. The number of benzene rings is 1. The van der Waals surface area contributed by atoms with Crippen LogP contribution < -0.4 is 10.6 Å². The summed E-state index contributed by atoms with van der Waals surface area (Å²) in [5.41, 5.74) is 2.35. The van der Waals surface area contributed by atoms with Crippen LogP contribution >= 0.6 is 0 Å². The van der Waals surface area contributed by atoms with Crippen LogP contribution in [0.4, 0.5) is 0 Å². The first-order valence-corrected chi connectivity index (χ1v) is 9.59. The number of rotatable bonds is 11. The largest absolute Gasteiger partial charge is 0.382 e. The summed E-state index contributed by atoms with van der Waals surface area (Å²) in [6.07, 6.45) is 2.58. The number of hydrogen-bond donors (Lipinski definition) is 2. The SMILES string of the molecule is CN=C(NCCCOCCOC)NCc1ccc(CN2CCCC2=O)cc1. The van der Waals surface area contributed by atoms with Crippen LogP contribution in [0.2, 0.25) is 0 Å². The van der Waals surface area contributed by atoms with E-state index in [9.17, 15) is 4.79 Å². The van der Waals surface area contributed by atoms with Gasteiger partial charge >= 0.3 is 0 Å². The summed E-state index contributed by atoms with van der Waals surface area (Å²) in [4.78, 5) is 17.9. The smallest absolute Gasteiger partial charge is 0.222 e. The lowest BCUT2D eigenvalue weighted by Gasteiger charge is -2.16. The van der Waals surface area contributed by atoms with Gasteiger partial charge in [-0.3, -0.25) is 9.79 Å². The van der Waals surface area contributed by atoms with Gasteiger partial charge in [-0.05, 0) is 24.0 Å². The lowest BCUT2D eigenvalue weighted by Crippen LogP contribution is -2.37. The molecule has 1 fully saturated rings. The van der Waals surface area contributed by atoms with Crippen molar-refractivity contribution in [3.8, 4) is 0 Å². The van der Waals surface area contributed by atoms with Crippen molar-refractivity contribution in [3.63, 3.8) is 0 Å². The summed E-state index contributed by atoms with van der Waals surface area (Å²) in [7, 11) is 3.43. The van der Waals surface area contributed by atoms with Crippen LogP contribution in [0, 0.1) is 0 Å². The maximum Gasteiger partial charge on any atom is 0.222 e. The van der Waals surface area contributed by atoms with Gasteiger partial charge in [-0.2, -0.15) is 0 Å². The molecule has 2 rings (SSSR count). The molecule has 1 heterocycles. The van der Waals surface area contributed by atoms with Crippen LogP contribution in [-0.4, -0.2) is 63.8 Å². The summed E-state index contributed by atoms with van der Waals surface area (Å²) in [6, 6.07) is 8.38. The van der Waals surface area contributed by atoms with Gasteiger partial charge in [0.05, 0.1) is 13.2 Å². The third-order valence-electron chi connectivity index (χ3n) is 4.44. The van der Waals surface area contributed by atoms with Crippen LogP contribution in [0.25, 0.3) is 0 Å². The Morgan fingerprint density at radius 2 is 1.93 bits per heavy atom. The van der Waals surface area contributed by atoms with Crippen molar-refractivity contribution in [1.29, 1.82) is 0 Å². The van der Waals surface area contributed by atoms with Gasteiger partial charge < -0.3 is 25.0 Å². The van der Waals surface area contributed by atoms with Crippen molar-refractivity contribution in [3.05, 3.63) is 35.4 Å². The second-order valence-corrected chi connectivity index (χ2v) is 6.55. The van der Waals surface area contributed by atoms with Crippen LogP contribution in [0.1, 0.15) is 30.4 Å². The van der Waals surface area contributed by atoms with Gasteiger partial charge in [-0.25, -0.2) is 0 Å². The molecule has 0 atom stereocenters. The minimum Gasteiger partial charge on any atom is -0.382 e. The predicted molar refractivity (Wildman–Crippen MR) is 107 cm³/mol. The first-order chi connectivity index (χ1) is 13.2. The lowest BCUT2D eigenvalue weighted by molar-refractivity contribution is -0.128. The molecule has 1 amide bonds. The number of hydrogen-bond acceptors (Lipinski definition) is 4. The zero-order valence-corrected chi connectivity index (χ0v) is 16.5. The minimum atomic E-state index is 0.264. The Balaban J connectivity index is 1.64. The average Bonchev–Trinajstić information content (AvgIpc) is 3.09. The zero-order valence-electron chi connectivity index (χ0n) is 16.5. The van der Waals surface area contributed by atoms with Gasteiger partial charge in [0.1, 0.15) is 0 Å². The molecule has 7 heteroatoms. The summed E-state index contributed by atoms with van der Waals surface area (Å²) >= 11 is 0. The van der Waals surface area contributed by atoms with Crippen LogP contribution in [0.3, 0.4) is 0 Å². The molecule has 0 saturated carbocycles. The van der Waals surface area contributed by atoms with Crippen LogP contribution in [-0.2, 0) is 27.4 Å². The van der Waals surface area contributed by atoms with Gasteiger partial charge in [0.15, 0.2) is 5.96 Å². The number of nitrogens with zero attached hydrogens (tertiary/aromatic N) is 2. The van der Waals surface area contributed by atoms with E-state index in [1.54, 1.807) is 14.2 Å². The molecule has 1 aromatic carbocycles. The van der Waals surface area contributed by atoms with Crippen molar-refractivity contribution in [2.24, 2.45) is 4.99 Å². The number of aliphatic imine (C=N–C) groups is 1. The van der Waals surface area contributed by atoms with Gasteiger partial charge in [-0.15, -0.1) is 0 Å². The molecule has 1 aliphatic rings. The first kappa shape index (κ1) is 21.2. The standard InChI is InChI=1S/C20H32N4O3/c1-21-20(22-10-4-12-27-14-13-26-2)23-15-17-6-8-18(9-7-17)16-24-11-3-5-19(24)25/h6-9H,3-5,10-16H2,1-2H3,(H2,21,22,23). The van der Waals surface area contributed by atoms with E-state index in [-0.39, 0.29) is 5.91 Å². The molecule has 27 heavy (non-hydrogen) atoms. The molecule has 0 spiro atoms. The maximum atomic E-state index is 11.7. The Morgan fingerprint density at radius 3 is 2.59 bits per heavy atom. The van der Waals surface area contributed by atoms with Crippen LogP contribution in [0.5, 0.6) is 0 Å². The molecule has 0 radical (unpaired) electrons. The van der Waals surface area contributed by atoms with Crippen molar-refractivity contribution in [2.75, 3.05) is 47.1 Å². The highest BCUT2D eigenvalue weighted by Crippen LogP contribution is 2.14. The van der Waals surface area contributed by atoms with Crippen molar-refractivity contribution >= 4 is 11.9 Å². The summed E-state index contributed by atoms with van der Waals surface area (Å²) in [5, 5.41) is 6.59. The second kappa shape index (κ2) is 12.3. The number of likely N-dealkylation sites (tertiary alicyclic amines) is 1. The molecule has 0 aliphatic carbocycles. The van der Waals surface area contributed by atoms with Gasteiger partial charge in [-0.1, -0.05) is 24.3 Å². The fourth-order valence-electron chi connectivity index (χ4n) is 2.89. The summed E-state index contributed by atoms with van der Waals surface area (Å²) < 4.78 is 10.4. The number of amides is 1. The van der Waals surface area contributed by atoms with Gasteiger partial charge in [0.25, 0.3) is 0 Å². The van der Waals surface area contributed by atoms with Crippen molar-refractivity contribution < 1.29 is 14.3 Å². The van der Waals surface area contributed by atoms with E-state index in [0.29, 0.717) is 39.3 Å². The number of carbonyl (C=O) groups excluding carboxylic acids is 1. The Kier molecular flexibility index (Phi) is 9.65. The van der Waals surface area contributed by atoms with Gasteiger partial charge in [0, 0.05) is 53.4 Å². The molecule has 150 valence electrons. The quantitative estimate of drug-likeness (QED) is 0.348. The van der Waals surface area contributed by atoms with E-state index < -0.39 is 0 Å². The van der Waals surface area contributed by atoms with Crippen molar-refractivity contribution in [1.82, 2.24) is 15.5 Å². The van der Waals surface area contributed by atoms with E-state index in [1.165, 1.54) is 11.1 Å². The maximum absolute atomic E-state index is 11.7. The molecule has 7 nitrogen and oxygen atoms in total. The molecule has 1 aliphatic heterocycles. The second-order valence-electron chi connectivity index (χ2n) is 6.55. The van der Waals surface area contributed by atoms with E-state index >= 15 is 0 Å². The molecular weight excluding hydrogens is 344 g/mol. The third kappa shape index (κ3) is 7.97. The van der Waals surface area contributed by atoms with E-state index in [2.05, 4.69) is 39.9 Å². The van der Waals surface area contributed by atoms with Gasteiger partial charge in [0.2, 0.25) is 5.91 Å². The molecule has 0 aromatic heterocycles. The number of methoxy groups -OCH3 is 1. The number of carbonyl (C=O) groups is 1. The molecular formula is C20H32N4O3. The molecule has 0 bridgehead atoms. The molecule has 1 aromatic rings. The fourth-order valence-corrected chi connectivity index (χ4v) is 2.89. The highest BCUT2D eigenvalue weighted by molar-refractivity contribution is 5.79. The Morgan fingerprint density at radius 1 is 1.15 bits per heavy atom. The fraction of sp³-hybridized carbons (Fsp3) is 0.600. The minimum absolute atomic E-state index is 0.264. The lowest BCUT2D eigenvalue weighted by atomic mass is 10.1. The van der Waals surface area contributed by atoms with E-state index in [1.807, 2.05) is 4.90 Å². The Labute approximate surface area is 162 Å². The monoisotopic (exact) mass is 376 g/mol. The summed E-state index contributed by atoms with van der Waals surface area (Å²) in [5.74, 6) is 1.04. The normalized spacial score (nSPS) is 14.7. The molecule has 1 saturated heterocycles. The summed E-state index contributed by atoms with van der Waals surface area (Å²) in [6.45, 7) is 5.05. The Bertz CT molecular complexity index is 589. The molecule has 0 unspecified atom stereocenters.